The summed E-state index contributed by atoms with van der Waals surface area (Å²) in [6.07, 6.45) is 2.82. The van der Waals surface area contributed by atoms with E-state index in [0.29, 0.717) is 12.0 Å². The first-order chi connectivity index (χ1) is 8.97. The fraction of sp³-hybridized carbons (Fsp3) is 0.571. The summed E-state index contributed by atoms with van der Waals surface area (Å²) in [6, 6.07) is 4.24. The molecule has 1 unspecified atom stereocenters. The van der Waals surface area contributed by atoms with Crippen molar-refractivity contribution in [2.75, 3.05) is 14.1 Å². The molecule has 2 rings (SSSR count). The predicted molar refractivity (Wildman–Crippen MR) is 73.1 cm³/mol. The molecule has 2 N–H and O–H groups in total. The standard InChI is InChI=1S/C14H21N3O2/c1-9-4-5-12(15-8-9)13(16-14(18)19)10-6-11(7-10)17(2)3/h4-5,8,10-11,13,16H,6-7H2,1-3H3,(H,18,19). The Labute approximate surface area is 113 Å². The topological polar surface area (TPSA) is 65.5 Å². The molecule has 0 bridgehead atoms. The van der Waals surface area contributed by atoms with Crippen LogP contribution in [0.1, 0.15) is 30.1 Å². The monoisotopic (exact) mass is 263 g/mol. The Hall–Kier alpha value is -1.62. The summed E-state index contributed by atoms with van der Waals surface area (Å²) in [5.74, 6) is 0.332. The number of amides is 1. The highest BCUT2D eigenvalue weighted by Gasteiger charge is 2.38. The average Bonchev–Trinajstić information content (AvgIpc) is 2.25. The summed E-state index contributed by atoms with van der Waals surface area (Å²) in [5, 5.41) is 11.6. The molecule has 1 heterocycles. The van der Waals surface area contributed by atoms with Gasteiger partial charge < -0.3 is 15.3 Å². The molecule has 1 atom stereocenters. The molecule has 1 aliphatic rings. The van der Waals surface area contributed by atoms with E-state index >= 15 is 0 Å². The maximum atomic E-state index is 11.0. The van der Waals surface area contributed by atoms with Crippen LogP contribution in [0.3, 0.4) is 0 Å². The lowest BCUT2D eigenvalue weighted by Gasteiger charge is -2.43. The lowest BCUT2D eigenvalue weighted by atomic mass is 9.74. The average molecular weight is 263 g/mol. The summed E-state index contributed by atoms with van der Waals surface area (Å²) >= 11 is 0. The van der Waals surface area contributed by atoms with E-state index in [-0.39, 0.29) is 6.04 Å². The first-order valence-corrected chi connectivity index (χ1v) is 6.56. The molecule has 1 aromatic heterocycles. The van der Waals surface area contributed by atoms with Crippen molar-refractivity contribution in [3.63, 3.8) is 0 Å². The fourth-order valence-corrected chi connectivity index (χ4v) is 2.55. The molecule has 0 aliphatic heterocycles. The third-order valence-electron chi connectivity index (χ3n) is 3.88. The van der Waals surface area contributed by atoms with Crippen molar-refractivity contribution in [1.29, 1.82) is 0 Å². The molecule has 5 heteroatoms. The Morgan fingerprint density at radius 2 is 2.16 bits per heavy atom. The van der Waals surface area contributed by atoms with Gasteiger partial charge in [0.25, 0.3) is 0 Å². The van der Waals surface area contributed by atoms with Crippen molar-refractivity contribution >= 4 is 6.09 Å². The van der Waals surface area contributed by atoms with E-state index in [9.17, 15) is 4.79 Å². The smallest absolute Gasteiger partial charge is 0.405 e. The van der Waals surface area contributed by atoms with Gasteiger partial charge in [0.05, 0.1) is 11.7 Å². The van der Waals surface area contributed by atoms with Crippen LogP contribution in [0.15, 0.2) is 18.3 Å². The summed E-state index contributed by atoms with van der Waals surface area (Å²) in [6.45, 7) is 1.97. The van der Waals surface area contributed by atoms with Crippen molar-refractivity contribution in [1.82, 2.24) is 15.2 Å². The second-order valence-electron chi connectivity index (χ2n) is 5.54. The van der Waals surface area contributed by atoms with Crippen LogP contribution in [0, 0.1) is 12.8 Å². The Kier molecular flexibility index (Phi) is 4.04. The van der Waals surface area contributed by atoms with E-state index in [1.165, 1.54) is 0 Å². The lowest BCUT2D eigenvalue weighted by molar-refractivity contribution is 0.0909. The van der Waals surface area contributed by atoms with Crippen LogP contribution in [-0.4, -0.2) is 41.2 Å². The van der Waals surface area contributed by atoms with Crippen molar-refractivity contribution in [3.05, 3.63) is 29.6 Å². The van der Waals surface area contributed by atoms with Gasteiger partial charge in [-0.1, -0.05) is 6.07 Å². The Morgan fingerprint density at radius 3 is 2.63 bits per heavy atom. The number of nitrogens with one attached hydrogen (secondary N) is 1. The van der Waals surface area contributed by atoms with E-state index in [4.69, 9.17) is 5.11 Å². The molecule has 1 saturated carbocycles. The third kappa shape index (κ3) is 3.23. The van der Waals surface area contributed by atoms with Crippen molar-refractivity contribution in [2.24, 2.45) is 5.92 Å². The van der Waals surface area contributed by atoms with Gasteiger partial charge in [-0.2, -0.15) is 0 Å². The van der Waals surface area contributed by atoms with Gasteiger partial charge in [-0.05, 0) is 51.4 Å². The van der Waals surface area contributed by atoms with Gasteiger partial charge >= 0.3 is 6.09 Å². The SMILES string of the molecule is Cc1ccc(C(NC(=O)O)C2CC(N(C)C)C2)nc1. The van der Waals surface area contributed by atoms with E-state index in [1.54, 1.807) is 6.20 Å². The molecule has 0 radical (unpaired) electrons. The van der Waals surface area contributed by atoms with Crippen LogP contribution >= 0.6 is 0 Å². The molecule has 1 aliphatic carbocycles. The first-order valence-electron chi connectivity index (χ1n) is 6.56. The van der Waals surface area contributed by atoms with E-state index in [2.05, 4.69) is 29.3 Å². The first kappa shape index (κ1) is 13.8. The van der Waals surface area contributed by atoms with Crippen molar-refractivity contribution < 1.29 is 9.90 Å². The van der Waals surface area contributed by atoms with E-state index in [0.717, 1.165) is 24.1 Å². The number of carboxylic acid groups (broad SMARTS) is 1. The van der Waals surface area contributed by atoms with Gasteiger partial charge in [-0.15, -0.1) is 0 Å². The summed E-state index contributed by atoms with van der Waals surface area (Å²) in [4.78, 5) is 17.5. The molecule has 0 saturated heterocycles. The van der Waals surface area contributed by atoms with Gasteiger partial charge in [-0.3, -0.25) is 4.98 Å². The molecule has 0 spiro atoms. The Bertz CT molecular complexity index is 439. The zero-order chi connectivity index (χ0) is 14.0. The van der Waals surface area contributed by atoms with Crippen LogP contribution in [-0.2, 0) is 0 Å². The maximum absolute atomic E-state index is 11.0. The third-order valence-corrected chi connectivity index (χ3v) is 3.88. The highest BCUT2D eigenvalue weighted by molar-refractivity contribution is 5.65. The van der Waals surface area contributed by atoms with Crippen LogP contribution < -0.4 is 5.32 Å². The summed E-state index contributed by atoms with van der Waals surface area (Å²) in [7, 11) is 4.12. The molecular weight excluding hydrogens is 242 g/mol. The zero-order valence-corrected chi connectivity index (χ0v) is 11.6. The second-order valence-corrected chi connectivity index (χ2v) is 5.54. The van der Waals surface area contributed by atoms with Gasteiger partial charge in [0.15, 0.2) is 0 Å². The van der Waals surface area contributed by atoms with Crippen LogP contribution in [0.4, 0.5) is 4.79 Å². The summed E-state index contributed by atoms with van der Waals surface area (Å²) in [5.41, 5.74) is 1.90. The number of hydrogen-bond acceptors (Lipinski definition) is 3. The molecule has 0 aromatic carbocycles. The summed E-state index contributed by atoms with van der Waals surface area (Å²) < 4.78 is 0. The van der Waals surface area contributed by atoms with Crippen LogP contribution in [0.2, 0.25) is 0 Å². The number of aromatic nitrogens is 1. The quantitative estimate of drug-likeness (QED) is 0.872. The highest BCUT2D eigenvalue weighted by Crippen LogP contribution is 2.39. The maximum Gasteiger partial charge on any atom is 0.405 e. The molecule has 1 aromatic rings. The molecule has 104 valence electrons. The number of aryl methyl sites for hydroxylation is 1. The Balaban J connectivity index is 2.09. The van der Waals surface area contributed by atoms with Gasteiger partial charge in [0.2, 0.25) is 0 Å². The lowest BCUT2D eigenvalue weighted by Crippen LogP contribution is -2.46. The minimum absolute atomic E-state index is 0.200. The minimum atomic E-state index is -0.985. The molecule has 5 nitrogen and oxygen atoms in total. The Morgan fingerprint density at radius 1 is 1.47 bits per heavy atom. The van der Waals surface area contributed by atoms with E-state index in [1.807, 2.05) is 19.1 Å². The number of nitrogens with zero attached hydrogens (tertiary/aromatic N) is 2. The van der Waals surface area contributed by atoms with Crippen LogP contribution in [0.5, 0.6) is 0 Å². The number of pyridine rings is 1. The second kappa shape index (κ2) is 5.57. The molecule has 1 amide bonds. The molecule has 19 heavy (non-hydrogen) atoms. The van der Waals surface area contributed by atoms with Gasteiger partial charge in [-0.25, -0.2) is 4.79 Å². The largest absolute Gasteiger partial charge is 0.465 e. The highest BCUT2D eigenvalue weighted by atomic mass is 16.4. The van der Waals surface area contributed by atoms with E-state index < -0.39 is 6.09 Å². The molecular formula is C14H21N3O2. The predicted octanol–water partition coefficient (Wildman–Crippen LogP) is 2.04. The van der Waals surface area contributed by atoms with Gasteiger partial charge in [0.1, 0.15) is 0 Å². The normalized spacial score (nSPS) is 23.8. The van der Waals surface area contributed by atoms with Crippen molar-refractivity contribution in [3.8, 4) is 0 Å². The molecule has 1 fully saturated rings. The zero-order valence-electron chi connectivity index (χ0n) is 11.6. The number of hydrogen-bond donors (Lipinski definition) is 2. The number of carbonyl (C=O) groups is 1. The van der Waals surface area contributed by atoms with Crippen LogP contribution in [0.25, 0.3) is 0 Å². The minimum Gasteiger partial charge on any atom is -0.465 e. The van der Waals surface area contributed by atoms with Gasteiger partial charge in [0, 0.05) is 12.2 Å². The number of rotatable bonds is 4. The fourth-order valence-electron chi connectivity index (χ4n) is 2.55. The van der Waals surface area contributed by atoms with Crippen molar-refractivity contribution in [2.45, 2.75) is 31.8 Å².